The SMILES string of the molecule is CS(=O)(=O)N1CCC[C@@H](C(=O)Nc2ccc(Cl)cc2)C1. The van der Waals surface area contributed by atoms with Gasteiger partial charge in [-0.3, -0.25) is 4.79 Å². The first-order valence-electron chi connectivity index (χ1n) is 6.38. The molecular formula is C13H17ClN2O3S. The average Bonchev–Trinajstić information content (AvgIpc) is 2.40. The lowest BCUT2D eigenvalue weighted by atomic mass is 9.99. The van der Waals surface area contributed by atoms with Crippen LogP contribution in [0, 0.1) is 5.92 Å². The van der Waals surface area contributed by atoms with E-state index in [4.69, 9.17) is 11.6 Å². The van der Waals surface area contributed by atoms with Crippen LogP contribution in [0.15, 0.2) is 24.3 Å². The van der Waals surface area contributed by atoms with Gasteiger partial charge in [-0.15, -0.1) is 0 Å². The Hall–Kier alpha value is -1.11. The highest BCUT2D eigenvalue weighted by molar-refractivity contribution is 7.88. The number of sulfonamides is 1. The molecule has 2 rings (SSSR count). The van der Waals surface area contributed by atoms with Gasteiger partial charge in [0, 0.05) is 23.8 Å². The van der Waals surface area contributed by atoms with Gasteiger partial charge in [0.15, 0.2) is 0 Å². The number of nitrogens with zero attached hydrogens (tertiary/aromatic N) is 1. The second-order valence-electron chi connectivity index (χ2n) is 4.96. The second kappa shape index (κ2) is 6.11. The number of hydrogen-bond acceptors (Lipinski definition) is 3. The third-order valence-corrected chi connectivity index (χ3v) is 4.86. The van der Waals surface area contributed by atoms with Crippen molar-refractivity contribution in [1.82, 2.24) is 4.31 Å². The standard InChI is InChI=1S/C13H17ClN2O3S/c1-20(18,19)16-8-2-3-10(9-16)13(17)15-12-6-4-11(14)5-7-12/h4-7,10H,2-3,8-9H2,1H3,(H,15,17)/t10-/m1/s1. The zero-order valence-electron chi connectivity index (χ0n) is 11.2. The van der Waals surface area contributed by atoms with Crippen molar-refractivity contribution in [3.8, 4) is 0 Å². The fourth-order valence-corrected chi connectivity index (χ4v) is 3.27. The van der Waals surface area contributed by atoms with Gasteiger partial charge in [-0.05, 0) is 37.1 Å². The maximum Gasteiger partial charge on any atom is 0.228 e. The molecule has 5 nitrogen and oxygen atoms in total. The predicted octanol–water partition coefficient (Wildman–Crippen LogP) is 1.95. The fourth-order valence-electron chi connectivity index (χ4n) is 2.24. The fraction of sp³-hybridized carbons (Fsp3) is 0.462. The van der Waals surface area contributed by atoms with Crippen molar-refractivity contribution in [3.05, 3.63) is 29.3 Å². The molecule has 0 bridgehead atoms. The lowest BCUT2D eigenvalue weighted by Gasteiger charge is -2.30. The highest BCUT2D eigenvalue weighted by atomic mass is 35.5. The highest BCUT2D eigenvalue weighted by Gasteiger charge is 2.30. The number of anilines is 1. The summed E-state index contributed by atoms with van der Waals surface area (Å²) in [5.74, 6) is -0.463. The number of rotatable bonds is 3. The molecule has 1 N–H and O–H groups in total. The van der Waals surface area contributed by atoms with E-state index in [1.54, 1.807) is 24.3 Å². The van der Waals surface area contributed by atoms with Crippen LogP contribution in [0.5, 0.6) is 0 Å². The minimum atomic E-state index is -3.23. The van der Waals surface area contributed by atoms with E-state index in [2.05, 4.69) is 5.32 Å². The summed E-state index contributed by atoms with van der Waals surface area (Å²) >= 11 is 5.78. The number of carbonyl (C=O) groups excluding carboxylic acids is 1. The van der Waals surface area contributed by atoms with E-state index < -0.39 is 10.0 Å². The van der Waals surface area contributed by atoms with Crippen molar-refractivity contribution in [2.75, 3.05) is 24.7 Å². The first-order valence-corrected chi connectivity index (χ1v) is 8.60. The van der Waals surface area contributed by atoms with Crippen LogP contribution in [0.25, 0.3) is 0 Å². The molecule has 1 aromatic rings. The molecule has 1 aliphatic heterocycles. The number of carbonyl (C=O) groups is 1. The number of halogens is 1. The van der Waals surface area contributed by atoms with Crippen LogP contribution < -0.4 is 5.32 Å². The molecule has 0 aliphatic carbocycles. The molecule has 20 heavy (non-hydrogen) atoms. The molecule has 1 amide bonds. The summed E-state index contributed by atoms with van der Waals surface area (Å²) in [7, 11) is -3.23. The quantitative estimate of drug-likeness (QED) is 0.927. The monoisotopic (exact) mass is 316 g/mol. The van der Waals surface area contributed by atoms with E-state index in [1.807, 2.05) is 0 Å². The third-order valence-electron chi connectivity index (χ3n) is 3.34. The predicted molar refractivity (Wildman–Crippen MR) is 79.2 cm³/mol. The van der Waals surface area contributed by atoms with Gasteiger partial charge in [0.1, 0.15) is 0 Å². The maximum absolute atomic E-state index is 12.2. The van der Waals surface area contributed by atoms with Crippen molar-refractivity contribution in [2.24, 2.45) is 5.92 Å². The van der Waals surface area contributed by atoms with Gasteiger partial charge in [0.05, 0.1) is 12.2 Å². The summed E-state index contributed by atoms with van der Waals surface area (Å²) in [4.78, 5) is 12.2. The number of benzene rings is 1. The minimum Gasteiger partial charge on any atom is -0.326 e. The van der Waals surface area contributed by atoms with E-state index in [0.717, 1.165) is 0 Å². The van der Waals surface area contributed by atoms with Crippen molar-refractivity contribution in [2.45, 2.75) is 12.8 Å². The Bertz CT molecular complexity index is 586. The Labute approximate surface area is 124 Å². The van der Waals surface area contributed by atoms with Gasteiger partial charge in [0.25, 0.3) is 0 Å². The highest BCUT2D eigenvalue weighted by Crippen LogP contribution is 2.21. The average molecular weight is 317 g/mol. The van der Waals surface area contributed by atoms with E-state index in [0.29, 0.717) is 30.1 Å². The summed E-state index contributed by atoms with van der Waals surface area (Å²) in [5, 5.41) is 3.39. The van der Waals surface area contributed by atoms with Crippen molar-refractivity contribution < 1.29 is 13.2 Å². The van der Waals surface area contributed by atoms with Gasteiger partial charge < -0.3 is 5.32 Å². The van der Waals surface area contributed by atoms with Gasteiger partial charge >= 0.3 is 0 Å². The summed E-state index contributed by atoms with van der Waals surface area (Å²) in [6.07, 6.45) is 2.57. The molecular weight excluding hydrogens is 300 g/mol. The number of nitrogens with one attached hydrogen (secondary N) is 1. The Morgan fingerprint density at radius 3 is 2.60 bits per heavy atom. The van der Waals surface area contributed by atoms with Crippen LogP contribution in [0.3, 0.4) is 0 Å². The molecule has 1 heterocycles. The van der Waals surface area contributed by atoms with E-state index in [1.165, 1.54) is 10.6 Å². The Balaban J connectivity index is 2.00. The Kier molecular flexibility index (Phi) is 4.67. The molecule has 7 heteroatoms. The van der Waals surface area contributed by atoms with Crippen LogP contribution in [0.1, 0.15) is 12.8 Å². The molecule has 0 radical (unpaired) electrons. The van der Waals surface area contributed by atoms with E-state index in [9.17, 15) is 13.2 Å². The third kappa shape index (κ3) is 3.94. The normalized spacial score (nSPS) is 20.6. The molecule has 1 atom stereocenters. The van der Waals surface area contributed by atoms with E-state index >= 15 is 0 Å². The number of amides is 1. The summed E-state index contributed by atoms with van der Waals surface area (Å²) in [5.41, 5.74) is 0.663. The molecule has 110 valence electrons. The zero-order valence-corrected chi connectivity index (χ0v) is 12.7. The first-order chi connectivity index (χ1) is 9.36. The zero-order chi connectivity index (χ0) is 14.8. The smallest absolute Gasteiger partial charge is 0.228 e. The van der Waals surface area contributed by atoms with Crippen LogP contribution in [0.4, 0.5) is 5.69 Å². The van der Waals surface area contributed by atoms with Gasteiger partial charge in [0.2, 0.25) is 15.9 Å². The molecule has 0 unspecified atom stereocenters. The molecule has 0 aromatic heterocycles. The lowest BCUT2D eigenvalue weighted by molar-refractivity contribution is -0.120. The van der Waals surface area contributed by atoms with Crippen LogP contribution in [-0.4, -0.2) is 38.0 Å². The largest absolute Gasteiger partial charge is 0.326 e. The summed E-state index contributed by atoms with van der Waals surface area (Å²) in [6.45, 7) is 0.738. The maximum atomic E-state index is 12.2. The van der Waals surface area contributed by atoms with Crippen molar-refractivity contribution >= 4 is 33.2 Å². The molecule has 0 spiro atoms. The number of piperidine rings is 1. The van der Waals surface area contributed by atoms with Crippen LogP contribution in [-0.2, 0) is 14.8 Å². The molecule has 1 aromatic carbocycles. The summed E-state index contributed by atoms with van der Waals surface area (Å²) in [6, 6.07) is 6.83. The second-order valence-corrected chi connectivity index (χ2v) is 7.38. The minimum absolute atomic E-state index is 0.152. The van der Waals surface area contributed by atoms with Crippen molar-refractivity contribution in [1.29, 1.82) is 0 Å². The Morgan fingerprint density at radius 2 is 2.00 bits per heavy atom. The van der Waals surface area contributed by atoms with Crippen molar-refractivity contribution in [3.63, 3.8) is 0 Å². The molecule has 1 aliphatic rings. The Morgan fingerprint density at radius 1 is 1.35 bits per heavy atom. The van der Waals surface area contributed by atoms with Gasteiger partial charge in [-0.1, -0.05) is 11.6 Å². The summed E-state index contributed by atoms with van der Waals surface area (Å²) < 4.78 is 24.4. The van der Waals surface area contributed by atoms with Crippen LogP contribution in [0.2, 0.25) is 5.02 Å². The van der Waals surface area contributed by atoms with Gasteiger partial charge in [-0.2, -0.15) is 0 Å². The lowest BCUT2D eigenvalue weighted by Crippen LogP contribution is -2.43. The van der Waals surface area contributed by atoms with Crippen LogP contribution >= 0.6 is 11.6 Å². The first kappa shape index (κ1) is 15.3. The topological polar surface area (TPSA) is 66.5 Å². The molecule has 1 saturated heterocycles. The molecule has 1 fully saturated rings. The van der Waals surface area contributed by atoms with Gasteiger partial charge in [-0.25, -0.2) is 12.7 Å². The van der Waals surface area contributed by atoms with E-state index in [-0.39, 0.29) is 18.4 Å². The molecule has 0 saturated carbocycles. The number of hydrogen-bond donors (Lipinski definition) is 1.